The van der Waals surface area contributed by atoms with Gasteiger partial charge in [0.05, 0.1) is 61.0 Å². The highest BCUT2D eigenvalue weighted by Crippen LogP contribution is 2.45. The predicted octanol–water partition coefficient (Wildman–Crippen LogP) is 3.55. The van der Waals surface area contributed by atoms with Crippen LogP contribution in [0, 0.1) is 35.5 Å². The first-order valence-electron chi connectivity index (χ1n) is 42.9. The smallest absolute Gasteiger partial charge is 0.338 e. The van der Waals surface area contributed by atoms with Crippen molar-refractivity contribution in [1.29, 1.82) is 0 Å². The average molecular weight is 1660 g/mol. The highest BCUT2D eigenvalue weighted by molar-refractivity contribution is 5.90. The molecule has 4 saturated carbocycles. The molecule has 32 nitrogen and oxygen atoms in total. The largest absolute Gasteiger partial charge is 0.479 e. The first kappa shape index (κ1) is 94.0. The second-order valence-corrected chi connectivity index (χ2v) is 33.5. The second-order valence-electron chi connectivity index (χ2n) is 33.5. The summed E-state index contributed by atoms with van der Waals surface area (Å²) >= 11 is 0. The van der Waals surface area contributed by atoms with Crippen LogP contribution in [0.2, 0.25) is 0 Å². The number of aliphatic carboxylic acids is 1. The number of hydrogen-bond donors (Lipinski definition) is 13. The van der Waals surface area contributed by atoms with Crippen LogP contribution in [0.25, 0.3) is 0 Å². The lowest BCUT2D eigenvalue weighted by Crippen LogP contribution is -2.64. The summed E-state index contributed by atoms with van der Waals surface area (Å²) in [6.45, 7) is 8.01. The number of esters is 2. The van der Waals surface area contributed by atoms with E-state index >= 15 is 0 Å². The van der Waals surface area contributed by atoms with Crippen LogP contribution in [0.3, 0.4) is 0 Å². The zero-order valence-electron chi connectivity index (χ0n) is 68.5. The third-order valence-corrected chi connectivity index (χ3v) is 25.4. The molecule has 1 amide bonds. The summed E-state index contributed by atoms with van der Waals surface area (Å²) in [6, 6.07) is 16.3. The van der Waals surface area contributed by atoms with Gasteiger partial charge in [-0.25, -0.2) is 14.4 Å². The van der Waals surface area contributed by atoms with Crippen molar-refractivity contribution >= 4 is 35.4 Å². The minimum absolute atomic E-state index is 0.00497. The lowest BCUT2D eigenvalue weighted by molar-refractivity contribution is -0.349. The highest BCUT2D eigenvalue weighted by Gasteiger charge is 2.57. The van der Waals surface area contributed by atoms with Gasteiger partial charge in [0.15, 0.2) is 43.5 Å². The first-order valence-corrected chi connectivity index (χ1v) is 42.9. The molecule has 0 spiro atoms. The van der Waals surface area contributed by atoms with E-state index in [1.165, 1.54) is 19.1 Å². The number of benzene rings is 2. The number of ether oxygens (including phenoxy) is 12. The quantitative estimate of drug-likeness (QED) is 0.0343. The fourth-order valence-electron chi connectivity index (χ4n) is 18.2. The first-order chi connectivity index (χ1) is 56.3. The normalized spacial score (nSPS) is 36.9. The molecule has 12 unspecified atom stereocenters. The number of aliphatic hydroxyl groups is 10. The zero-order chi connectivity index (χ0) is 84.1. The van der Waals surface area contributed by atoms with E-state index in [1.807, 2.05) is 20.9 Å². The van der Waals surface area contributed by atoms with Gasteiger partial charge < -0.3 is 129 Å². The van der Waals surface area contributed by atoms with Gasteiger partial charge in [0, 0.05) is 37.8 Å². The third-order valence-electron chi connectivity index (χ3n) is 25.4. The number of hydrogen-bond acceptors (Lipinski definition) is 30. The Kier molecular flexibility index (Phi) is 36.8. The van der Waals surface area contributed by atoms with Crippen LogP contribution in [0.15, 0.2) is 60.7 Å². The lowest BCUT2D eigenvalue weighted by Gasteiger charge is -2.49. The Morgan fingerprint density at radius 3 is 1.21 bits per heavy atom. The minimum atomic E-state index is -1.65. The van der Waals surface area contributed by atoms with Crippen LogP contribution < -0.4 is 10.6 Å². The molecule has 2 aromatic carbocycles. The molecule has 11 rings (SSSR count). The highest BCUT2D eigenvalue weighted by atomic mass is 16.8. The number of ketones is 2. The van der Waals surface area contributed by atoms with E-state index in [-0.39, 0.29) is 71.5 Å². The molecule has 5 saturated heterocycles. The number of rotatable bonds is 36. The Bertz CT molecular complexity index is 3360. The number of likely N-dealkylation sites (tertiary alicyclic amines) is 1. The van der Waals surface area contributed by atoms with Crippen molar-refractivity contribution in [2.45, 2.75) is 335 Å². The molecule has 660 valence electrons. The number of carbonyl (C=O) groups is 6. The van der Waals surface area contributed by atoms with E-state index < -0.39 is 202 Å². The van der Waals surface area contributed by atoms with Crippen LogP contribution in [0.1, 0.15) is 196 Å². The van der Waals surface area contributed by atoms with Crippen LogP contribution in [0.5, 0.6) is 0 Å². The van der Waals surface area contributed by atoms with Gasteiger partial charge in [-0.2, -0.15) is 0 Å². The Hall–Kier alpha value is -5.22. The summed E-state index contributed by atoms with van der Waals surface area (Å²) in [4.78, 5) is 83.5. The minimum Gasteiger partial charge on any atom is -0.479 e. The fourth-order valence-corrected chi connectivity index (χ4v) is 18.2. The molecule has 13 N–H and O–H groups in total. The van der Waals surface area contributed by atoms with Gasteiger partial charge in [-0.1, -0.05) is 127 Å². The molecule has 2 aromatic rings. The maximum Gasteiger partial charge on any atom is 0.338 e. The topological polar surface area (TPSA) is 463 Å². The van der Waals surface area contributed by atoms with Crippen molar-refractivity contribution in [3.63, 3.8) is 0 Å². The number of carboxylic acid groups (broad SMARTS) is 1. The van der Waals surface area contributed by atoms with Crippen molar-refractivity contribution in [1.82, 2.24) is 15.5 Å². The molecule has 0 radical (unpaired) electrons. The Morgan fingerprint density at radius 1 is 0.462 bits per heavy atom. The molecule has 30 atom stereocenters. The SMILES string of the molecule is CCC1CC(C(=O)CCCNC)C[C@@H](O[C@@H]2O[C@@H](CO)[C@H](O)C(O[C@@H](CC3CCCCC3)C(=O)N3CCC3)C2OC(=O)c2ccccc2)[C@@H]1O[C@@H]1OC(C)[C@@H](O)[C@H](O)C1O.CCC1CC(C(=O)CCCNC)C[C@@H](O[C@@H]2O[C@@H](CO)[C@H](O)C(O[C@@H](CC3CCCCC3)C(=O)O)C2OC(=O)c2ccccc2)[C@@H]1O[C@@H]1OC(C)[C@@H](O)[C@H](O)C1O. The van der Waals surface area contributed by atoms with E-state index in [0.717, 1.165) is 70.6 Å². The summed E-state index contributed by atoms with van der Waals surface area (Å²) in [6.07, 6.45) is -19.6. The number of Topliss-reactive ketones (excluding diaryl/α,β-unsaturated/α-hetero) is 2. The summed E-state index contributed by atoms with van der Waals surface area (Å²) in [5.41, 5.74) is 0.362. The Labute approximate surface area is 685 Å². The maximum absolute atomic E-state index is 14.0. The summed E-state index contributed by atoms with van der Waals surface area (Å²) < 4.78 is 75.7. The monoisotopic (exact) mass is 1660 g/mol. The van der Waals surface area contributed by atoms with Crippen molar-refractivity contribution < 1.29 is 142 Å². The van der Waals surface area contributed by atoms with Gasteiger partial charge in [0.1, 0.15) is 90.9 Å². The molecule has 5 heterocycles. The zero-order valence-corrected chi connectivity index (χ0v) is 68.5. The van der Waals surface area contributed by atoms with E-state index in [1.54, 1.807) is 67.4 Å². The van der Waals surface area contributed by atoms with Gasteiger partial charge >= 0.3 is 17.9 Å². The van der Waals surface area contributed by atoms with Crippen LogP contribution >= 0.6 is 0 Å². The molecule has 5 aliphatic heterocycles. The molecule has 4 aliphatic carbocycles. The molecule has 0 bridgehead atoms. The summed E-state index contributed by atoms with van der Waals surface area (Å²) in [5.74, 6) is -4.39. The maximum atomic E-state index is 14.0. The van der Waals surface area contributed by atoms with Gasteiger partial charge in [-0.05, 0) is 147 Å². The average Bonchev–Trinajstić information content (AvgIpc) is 0.772. The van der Waals surface area contributed by atoms with Crippen molar-refractivity contribution in [2.24, 2.45) is 35.5 Å². The van der Waals surface area contributed by atoms with Crippen molar-refractivity contribution in [3.8, 4) is 0 Å². The van der Waals surface area contributed by atoms with E-state index in [0.29, 0.717) is 84.0 Å². The van der Waals surface area contributed by atoms with Crippen LogP contribution in [-0.4, -0.2) is 309 Å². The Morgan fingerprint density at radius 2 is 0.855 bits per heavy atom. The van der Waals surface area contributed by atoms with E-state index in [2.05, 4.69) is 10.6 Å². The second kappa shape index (κ2) is 45.8. The van der Waals surface area contributed by atoms with Gasteiger partial charge in [-0.3, -0.25) is 14.4 Å². The van der Waals surface area contributed by atoms with Crippen LogP contribution in [-0.2, 0) is 76.0 Å². The molecular formula is C85H131N3O29. The summed E-state index contributed by atoms with van der Waals surface area (Å²) in [5, 5.41) is 125. The molecule has 117 heavy (non-hydrogen) atoms. The van der Waals surface area contributed by atoms with Crippen molar-refractivity contribution in [2.75, 3.05) is 53.5 Å². The standard InChI is InChI=1S/C44H68N2O14.C41H63NO15/c1-4-27-22-29(30(48)17-11-18-45-3)23-31(38(27)60-43-37(52)36(51)34(49)25(2)55-43)57-44-40(59-42(54)28-15-9-6-10-16-28)39(35(50)33(24-47)58-44)56-32(41(53)46-19-12-20-46)21-26-13-7-5-8-14-26;1-4-24-19-26(27(44)16-11-17-42-3)20-28(35(24)57-40-34(48)33(47)31(45)22(2)52-40)54-41-37(56-39(51)25-14-9-6-10-15-25)36(32(46)30(21-43)55-41)53-29(38(49)50)18-23-12-7-5-8-13-23/h6,9-10,15-16,25-27,29,31-40,43-45,47,49-52H,4-5,7-8,11-14,17-24H2,1-3H3;6,9-10,14-15,22-24,26,28-37,40-43,45-48H,4-5,7-8,11-13,16-21H2,1-3H3,(H,49,50)/t25?,27?,29?,31-,32+,33+,34-,35+,36+,37?,38-,39?,40?,43+,44-;22?,24?,26?,28-,29+,30+,31-,32+,33+,34?,35-,36?,37?,40+,41-/m11/s1. The third kappa shape index (κ3) is 24.6. The van der Waals surface area contributed by atoms with Gasteiger partial charge in [-0.15, -0.1) is 0 Å². The molecule has 9 fully saturated rings. The van der Waals surface area contributed by atoms with Crippen LogP contribution in [0.4, 0.5) is 0 Å². The number of carboxylic acids is 1. The molecule has 0 aromatic heterocycles. The lowest BCUT2D eigenvalue weighted by atomic mass is 9.74. The number of carbonyl (C=O) groups excluding carboxylic acids is 5. The summed E-state index contributed by atoms with van der Waals surface area (Å²) in [7, 11) is 3.62. The number of amides is 1. The number of nitrogens with zero attached hydrogens (tertiary/aromatic N) is 1. The van der Waals surface area contributed by atoms with E-state index in [4.69, 9.17) is 56.8 Å². The number of aliphatic hydroxyl groups excluding tert-OH is 10. The van der Waals surface area contributed by atoms with Gasteiger partial charge in [0.25, 0.3) is 5.91 Å². The predicted molar refractivity (Wildman–Crippen MR) is 417 cm³/mol. The molecule has 9 aliphatic rings. The number of nitrogens with one attached hydrogen (secondary N) is 2. The molecular weight excluding hydrogens is 1530 g/mol. The molecule has 32 heteroatoms. The Balaban J connectivity index is 0.000000247. The fraction of sp³-hybridized carbons (Fsp3) is 0.788. The van der Waals surface area contributed by atoms with Crippen molar-refractivity contribution in [3.05, 3.63) is 71.8 Å². The van der Waals surface area contributed by atoms with Gasteiger partial charge in [0.2, 0.25) is 0 Å². The van der Waals surface area contributed by atoms with E-state index in [9.17, 15) is 84.9 Å².